The molecule has 0 unspecified atom stereocenters. The van der Waals surface area contributed by atoms with E-state index < -0.39 is 5.97 Å². The minimum Gasteiger partial charge on any atom is -0.481 e. The molecule has 0 fully saturated rings. The van der Waals surface area contributed by atoms with Gasteiger partial charge in [-0.2, -0.15) is 15.0 Å². The molecule has 0 aliphatic heterocycles. The number of nitrogens with zero attached hydrogens (tertiary/aromatic N) is 6. The van der Waals surface area contributed by atoms with Crippen molar-refractivity contribution < 1.29 is 9.90 Å². The predicted octanol–water partition coefficient (Wildman–Crippen LogP) is -1.31. The van der Waals surface area contributed by atoms with E-state index in [1.165, 1.54) is 4.68 Å². The van der Waals surface area contributed by atoms with Gasteiger partial charge in [0.05, 0.1) is 12.1 Å². The van der Waals surface area contributed by atoms with Crippen LogP contribution in [0.15, 0.2) is 6.20 Å². The summed E-state index contributed by atoms with van der Waals surface area (Å²) >= 11 is 0. The number of aliphatic carboxylic acids is 1. The van der Waals surface area contributed by atoms with E-state index in [4.69, 9.17) is 16.6 Å². The fourth-order valence-corrected chi connectivity index (χ4v) is 1.44. The standard InChI is InChI=1S/C9H12N8O2/c10-8-12-6(13-9(11)14-8)4-17-3-5(15-16-17)1-2-7(18)19/h3H,1-2,4H2,(H,18,19)(H4,10,11,12,13,14). The Kier molecular flexibility index (Phi) is 3.50. The highest BCUT2D eigenvalue weighted by Crippen LogP contribution is 2.03. The maximum atomic E-state index is 10.4. The van der Waals surface area contributed by atoms with E-state index in [-0.39, 0.29) is 24.9 Å². The van der Waals surface area contributed by atoms with E-state index in [2.05, 4.69) is 25.3 Å². The van der Waals surface area contributed by atoms with Crippen molar-refractivity contribution in [2.24, 2.45) is 0 Å². The largest absolute Gasteiger partial charge is 0.481 e. The third-order valence-electron chi connectivity index (χ3n) is 2.20. The van der Waals surface area contributed by atoms with Gasteiger partial charge in [-0.1, -0.05) is 5.21 Å². The lowest BCUT2D eigenvalue weighted by Gasteiger charge is -2.01. The SMILES string of the molecule is Nc1nc(N)nc(Cn2cc(CCC(=O)O)nn2)n1. The molecular formula is C9H12N8O2. The molecule has 10 nitrogen and oxygen atoms in total. The minimum absolute atomic E-state index is 0.00431. The summed E-state index contributed by atoms with van der Waals surface area (Å²) < 4.78 is 1.48. The monoisotopic (exact) mass is 264 g/mol. The summed E-state index contributed by atoms with van der Waals surface area (Å²) in [7, 11) is 0. The third kappa shape index (κ3) is 3.59. The summed E-state index contributed by atoms with van der Waals surface area (Å²) in [6.07, 6.45) is 1.94. The third-order valence-corrected chi connectivity index (χ3v) is 2.20. The van der Waals surface area contributed by atoms with Crippen LogP contribution in [-0.4, -0.2) is 41.0 Å². The average Bonchev–Trinajstić information content (AvgIpc) is 2.72. The number of hydrogen-bond acceptors (Lipinski definition) is 8. The Hall–Kier alpha value is -2.78. The van der Waals surface area contributed by atoms with Crippen LogP contribution < -0.4 is 11.5 Å². The highest BCUT2D eigenvalue weighted by molar-refractivity contribution is 5.66. The van der Waals surface area contributed by atoms with Gasteiger partial charge in [0.15, 0.2) is 5.82 Å². The number of carboxylic acids is 1. The number of carboxylic acid groups (broad SMARTS) is 1. The number of nitrogen functional groups attached to an aromatic ring is 2. The lowest BCUT2D eigenvalue weighted by molar-refractivity contribution is -0.136. The number of carbonyl (C=O) groups is 1. The van der Waals surface area contributed by atoms with Crippen LogP contribution in [0.5, 0.6) is 0 Å². The summed E-state index contributed by atoms with van der Waals surface area (Å²) in [5.41, 5.74) is 11.5. The van der Waals surface area contributed by atoms with Crippen LogP contribution in [0.4, 0.5) is 11.9 Å². The van der Waals surface area contributed by atoms with Crippen molar-refractivity contribution in [3.8, 4) is 0 Å². The van der Waals surface area contributed by atoms with Gasteiger partial charge in [-0.05, 0) is 0 Å². The Morgan fingerprint density at radius 2 is 1.95 bits per heavy atom. The molecule has 2 rings (SSSR count). The van der Waals surface area contributed by atoms with Gasteiger partial charge in [0.25, 0.3) is 0 Å². The van der Waals surface area contributed by atoms with Crippen LogP contribution in [0.25, 0.3) is 0 Å². The molecule has 2 heterocycles. The van der Waals surface area contributed by atoms with E-state index in [1.807, 2.05) is 0 Å². The first-order valence-electron chi connectivity index (χ1n) is 5.39. The second kappa shape index (κ2) is 5.25. The second-order valence-corrected chi connectivity index (χ2v) is 3.77. The average molecular weight is 264 g/mol. The summed E-state index contributed by atoms with van der Waals surface area (Å²) in [5.74, 6) is -0.449. The Morgan fingerprint density at radius 3 is 2.58 bits per heavy atom. The first-order chi connectivity index (χ1) is 9.02. The number of nitrogens with two attached hydrogens (primary N) is 2. The van der Waals surface area contributed by atoms with Crippen molar-refractivity contribution >= 4 is 17.9 Å². The molecule has 0 saturated heterocycles. The number of aryl methyl sites for hydroxylation is 1. The molecule has 5 N–H and O–H groups in total. The van der Waals surface area contributed by atoms with Gasteiger partial charge in [0, 0.05) is 12.6 Å². The molecule has 0 radical (unpaired) electrons. The minimum atomic E-state index is -0.882. The summed E-state index contributed by atoms with van der Waals surface area (Å²) in [5, 5.41) is 16.3. The second-order valence-electron chi connectivity index (χ2n) is 3.77. The quantitative estimate of drug-likeness (QED) is 0.595. The molecule has 19 heavy (non-hydrogen) atoms. The maximum absolute atomic E-state index is 10.4. The van der Waals surface area contributed by atoms with Crippen molar-refractivity contribution in [3.63, 3.8) is 0 Å². The fraction of sp³-hybridized carbons (Fsp3) is 0.333. The number of hydrogen-bond donors (Lipinski definition) is 3. The lowest BCUT2D eigenvalue weighted by atomic mass is 10.2. The van der Waals surface area contributed by atoms with Gasteiger partial charge in [0.1, 0.15) is 6.54 Å². The molecule has 0 saturated carbocycles. The maximum Gasteiger partial charge on any atom is 0.303 e. The first kappa shape index (κ1) is 12.7. The van der Waals surface area contributed by atoms with Gasteiger partial charge in [-0.3, -0.25) is 4.79 Å². The van der Waals surface area contributed by atoms with Gasteiger partial charge in [-0.15, -0.1) is 5.10 Å². The number of rotatable bonds is 5. The van der Waals surface area contributed by atoms with Crippen molar-refractivity contribution in [2.45, 2.75) is 19.4 Å². The van der Waals surface area contributed by atoms with Crippen LogP contribution in [0.1, 0.15) is 17.9 Å². The van der Waals surface area contributed by atoms with Crippen LogP contribution in [-0.2, 0) is 17.8 Å². The summed E-state index contributed by atoms with van der Waals surface area (Å²) in [6, 6.07) is 0. The number of anilines is 2. The van der Waals surface area contributed by atoms with Gasteiger partial charge >= 0.3 is 5.97 Å². The van der Waals surface area contributed by atoms with E-state index in [0.29, 0.717) is 17.9 Å². The molecule has 0 spiro atoms. The Labute approximate surface area is 107 Å². The molecule has 0 atom stereocenters. The lowest BCUT2D eigenvalue weighted by Crippen LogP contribution is -2.10. The van der Waals surface area contributed by atoms with Crippen molar-refractivity contribution in [1.82, 2.24) is 29.9 Å². The first-order valence-corrected chi connectivity index (χ1v) is 5.39. The molecule has 0 aromatic carbocycles. The molecule has 0 amide bonds. The van der Waals surface area contributed by atoms with E-state index in [9.17, 15) is 4.79 Å². The van der Waals surface area contributed by atoms with E-state index in [1.54, 1.807) is 6.20 Å². The predicted molar refractivity (Wildman–Crippen MR) is 63.7 cm³/mol. The van der Waals surface area contributed by atoms with E-state index >= 15 is 0 Å². The van der Waals surface area contributed by atoms with Crippen LogP contribution in [0, 0.1) is 0 Å². The van der Waals surface area contributed by atoms with Crippen molar-refractivity contribution in [3.05, 3.63) is 17.7 Å². The van der Waals surface area contributed by atoms with Crippen LogP contribution >= 0.6 is 0 Å². The molecule has 0 bridgehead atoms. The zero-order chi connectivity index (χ0) is 13.8. The molecule has 100 valence electrons. The molecule has 0 aliphatic rings. The summed E-state index contributed by atoms with van der Waals surface area (Å²) in [4.78, 5) is 21.9. The molecule has 10 heteroatoms. The summed E-state index contributed by atoms with van der Waals surface area (Å²) in [6.45, 7) is 0.233. The van der Waals surface area contributed by atoms with Crippen LogP contribution in [0.2, 0.25) is 0 Å². The van der Waals surface area contributed by atoms with Crippen molar-refractivity contribution in [2.75, 3.05) is 11.5 Å². The topological polar surface area (TPSA) is 159 Å². The zero-order valence-electron chi connectivity index (χ0n) is 9.89. The normalized spacial score (nSPS) is 10.5. The van der Waals surface area contributed by atoms with E-state index in [0.717, 1.165) is 0 Å². The molecule has 2 aromatic rings. The fourth-order valence-electron chi connectivity index (χ4n) is 1.44. The molecular weight excluding hydrogens is 252 g/mol. The van der Waals surface area contributed by atoms with Gasteiger partial charge in [0.2, 0.25) is 11.9 Å². The smallest absolute Gasteiger partial charge is 0.303 e. The highest BCUT2D eigenvalue weighted by atomic mass is 16.4. The number of aromatic nitrogens is 6. The molecule has 0 aliphatic carbocycles. The van der Waals surface area contributed by atoms with Gasteiger partial charge in [-0.25, -0.2) is 4.68 Å². The Balaban J connectivity index is 2.05. The Morgan fingerprint density at radius 1 is 1.26 bits per heavy atom. The van der Waals surface area contributed by atoms with Crippen molar-refractivity contribution in [1.29, 1.82) is 0 Å². The molecule has 2 aromatic heterocycles. The highest BCUT2D eigenvalue weighted by Gasteiger charge is 2.07. The Bertz CT molecular complexity index is 575. The zero-order valence-corrected chi connectivity index (χ0v) is 9.89. The van der Waals surface area contributed by atoms with Gasteiger partial charge < -0.3 is 16.6 Å². The van der Waals surface area contributed by atoms with Crippen LogP contribution in [0.3, 0.4) is 0 Å².